The Morgan fingerprint density at radius 1 is 1.50 bits per heavy atom. The number of nitrogens with zero attached hydrogens (tertiary/aromatic N) is 1. The van der Waals surface area contributed by atoms with Gasteiger partial charge in [-0.25, -0.2) is 0 Å². The molecule has 2 radical (unpaired) electrons. The van der Waals surface area contributed by atoms with Gasteiger partial charge < -0.3 is 14.7 Å². The van der Waals surface area contributed by atoms with Crippen LogP contribution in [0.2, 0.25) is 0 Å². The number of piperidine rings is 1. The Bertz CT molecular complexity index is 734. The predicted octanol–water partition coefficient (Wildman–Crippen LogP) is 0.588. The summed E-state index contributed by atoms with van der Waals surface area (Å²) in [5.74, 6) is 0.866. The number of fused-ring (bicyclic) bond motifs is 1. The van der Waals surface area contributed by atoms with E-state index < -0.39 is 5.41 Å². The van der Waals surface area contributed by atoms with Crippen LogP contribution in [0.25, 0.3) is 0 Å². The number of ketones is 1. The van der Waals surface area contributed by atoms with E-state index in [2.05, 4.69) is 0 Å². The molecule has 1 saturated heterocycles. The molecule has 6 heteroatoms. The van der Waals surface area contributed by atoms with Gasteiger partial charge in [0.25, 0.3) is 0 Å². The molecule has 1 aliphatic heterocycles. The van der Waals surface area contributed by atoms with Crippen LogP contribution in [0, 0.1) is 5.92 Å². The van der Waals surface area contributed by atoms with E-state index >= 15 is 0 Å². The van der Waals surface area contributed by atoms with Crippen LogP contribution >= 0.6 is 0 Å². The van der Waals surface area contributed by atoms with Crippen molar-refractivity contribution in [3.05, 3.63) is 17.2 Å². The van der Waals surface area contributed by atoms with Gasteiger partial charge in [0, 0.05) is 36.4 Å². The zero-order valence-corrected chi connectivity index (χ0v) is 13.7. The predicted molar refractivity (Wildman–Crippen MR) is 89.0 cm³/mol. The number of carbonyl (C=O) groups excluding carboxylic acids is 2. The summed E-state index contributed by atoms with van der Waals surface area (Å²) in [5, 5.41) is 10.8. The van der Waals surface area contributed by atoms with E-state index in [4.69, 9.17) is 12.6 Å². The molecule has 0 spiro atoms. The number of likely N-dealkylation sites (tertiary alicyclic amines) is 1. The molecule has 0 aromatic heterocycles. The summed E-state index contributed by atoms with van der Waals surface area (Å²) in [6, 6.07) is 1.68. The van der Waals surface area contributed by atoms with Gasteiger partial charge in [0.2, 0.25) is 6.41 Å². The third kappa shape index (κ3) is 1.88. The summed E-state index contributed by atoms with van der Waals surface area (Å²) < 4.78 is 5.29. The van der Waals surface area contributed by atoms with Crippen molar-refractivity contribution in [3.8, 4) is 11.5 Å². The van der Waals surface area contributed by atoms with E-state index in [0.29, 0.717) is 43.4 Å². The highest BCUT2D eigenvalue weighted by Gasteiger charge is 2.57. The van der Waals surface area contributed by atoms with Crippen molar-refractivity contribution < 1.29 is 19.4 Å². The SMILES string of the molecule is [B]c1cc(OC)c(O)c2c1CC1C3CCC(=O)CC23CCN1C=O. The molecule has 1 heterocycles. The van der Waals surface area contributed by atoms with E-state index in [1.165, 1.54) is 7.11 Å². The van der Waals surface area contributed by atoms with Gasteiger partial charge in [0.1, 0.15) is 13.6 Å². The van der Waals surface area contributed by atoms with Gasteiger partial charge in [-0.1, -0.05) is 5.46 Å². The topological polar surface area (TPSA) is 66.8 Å². The number of Topliss-reactive ketones (excluding diaryl/α,β-unsaturated/α-hetero) is 1. The molecule has 1 aromatic carbocycles. The molecule has 2 aliphatic carbocycles. The maximum absolute atomic E-state index is 12.3. The average Bonchev–Trinajstić information content (AvgIpc) is 2.57. The lowest BCUT2D eigenvalue weighted by molar-refractivity contribution is -0.132. The van der Waals surface area contributed by atoms with Gasteiger partial charge in [-0.3, -0.25) is 9.59 Å². The Balaban J connectivity index is 1.98. The molecule has 3 unspecified atom stereocenters. The third-order valence-corrected chi connectivity index (χ3v) is 6.34. The molecule has 5 nitrogen and oxygen atoms in total. The standard InChI is InChI=1S/C18H20BNO4/c1-24-15-7-13(19)11-6-14-12-3-2-10(22)8-18(12,16(11)17(15)23)4-5-20(14)9-21/h7,9,12,14,23H,2-6,8H2,1H3. The van der Waals surface area contributed by atoms with Crippen LogP contribution in [0.3, 0.4) is 0 Å². The van der Waals surface area contributed by atoms with Gasteiger partial charge in [-0.05, 0) is 36.8 Å². The molecule has 1 saturated carbocycles. The number of aromatic hydroxyl groups is 1. The van der Waals surface area contributed by atoms with Crippen molar-refractivity contribution in [2.75, 3.05) is 13.7 Å². The average molecular weight is 325 g/mol. The fourth-order valence-corrected chi connectivity index (χ4v) is 5.34. The molecule has 2 bridgehead atoms. The number of benzene rings is 1. The number of carbonyl (C=O) groups is 2. The van der Waals surface area contributed by atoms with Crippen LogP contribution in [0.1, 0.15) is 36.8 Å². The molecular formula is C18H20BNO4. The van der Waals surface area contributed by atoms with E-state index in [-0.39, 0.29) is 23.5 Å². The fraction of sp³-hybridized carbons (Fsp3) is 0.556. The Hall–Kier alpha value is -1.98. The number of rotatable bonds is 2. The molecule has 2 fully saturated rings. The number of hydrogen-bond donors (Lipinski definition) is 1. The Kier molecular flexibility index (Phi) is 3.41. The maximum atomic E-state index is 12.3. The van der Waals surface area contributed by atoms with Crippen LogP contribution in [-0.4, -0.2) is 49.7 Å². The van der Waals surface area contributed by atoms with E-state index in [1.807, 2.05) is 4.90 Å². The molecule has 3 aliphatic rings. The second-order valence-electron chi connectivity index (χ2n) is 7.25. The minimum absolute atomic E-state index is 0.0481. The maximum Gasteiger partial charge on any atom is 0.209 e. The molecule has 1 aromatic rings. The smallest absolute Gasteiger partial charge is 0.209 e. The van der Waals surface area contributed by atoms with Crippen LogP contribution in [-0.2, 0) is 21.4 Å². The highest BCUT2D eigenvalue weighted by atomic mass is 16.5. The monoisotopic (exact) mass is 325 g/mol. The van der Waals surface area contributed by atoms with Crippen LogP contribution in [0.5, 0.6) is 11.5 Å². The Morgan fingerprint density at radius 3 is 3.00 bits per heavy atom. The molecule has 124 valence electrons. The summed E-state index contributed by atoms with van der Waals surface area (Å²) >= 11 is 0. The fourth-order valence-electron chi connectivity index (χ4n) is 5.34. The van der Waals surface area contributed by atoms with Crippen LogP contribution in [0.15, 0.2) is 6.07 Å². The minimum Gasteiger partial charge on any atom is -0.504 e. The lowest BCUT2D eigenvalue weighted by Gasteiger charge is -2.58. The second kappa shape index (κ2) is 5.26. The lowest BCUT2D eigenvalue weighted by atomic mass is 9.51. The summed E-state index contributed by atoms with van der Waals surface area (Å²) in [7, 11) is 7.75. The molecular weight excluding hydrogens is 305 g/mol. The first kappa shape index (κ1) is 15.5. The molecule has 1 amide bonds. The van der Waals surface area contributed by atoms with Crippen LogP contribution in [0.4, 0.5) is 0 Å². The zero-order chi connectivity index (χ0) is 17.1. The highest BCUT2D eigenvalue weighted by Crippen LogP contribution is 2.57. The van der Waals surface area contributed by atoms with Crippen LogP contribution < -0.4 is 10.2 Å². The van der Waals surface area contributed by atoms with Crippen molar-refractivity contribution in [1.82, 2.24) is 4.90 Å². The highest BCUT2D eigenvalue weighted by molar-refractivity contribution is 6.33. The summed E-state index contributed by atoms with van der Waals surface area (Å²) in [4.78, 5) is 25.7. The second-order valence-corrected chi connectivity index (χ2v) is 7.25. The summed E-state index contributed by atoms with van der Waals surface area (Å²) in [6.07, 6.45) is 3.92. The number of hydrogen-bond acceptors (Lipinski definition) is 4. The van der Waals surface area contributed by atoms with Gasteiger partial charge in [-0.15, -0.1) is 0 Å². The number of methoxy groups -OCH3 is 1. The first-order valence-electron chi connectivity index (χ1n) is 8.43. The van der Waals surface area contributed by atoms with E-state index in [9.17, 15) is 14.7 Å². The Labute approximate surface area is 142 Å². The first-order chi connectivity index (χ1) is 11.5. The van der Waals surface area contributed by atoms with Gasteiger partial charge >= 0.3 is 0 Å². The first-order valence-corrected chi connectivity index (χ1v) is 8.43. The largest absolute Gasteiger partial charge is 0.504 e. The minimum atomic E-state index is -0.431. The van der Waals surface area contributed by atoms with Gasteiger partial charge in [-0.2, -0.15) is 0 Å². The number of ether oxygens (including phenoxy) is 1. The van der Waals surface area contributed by atoms with Gasteiger partial charge in [0.15, 0.2) is 11.5 Å². The normalized spacial score (nSPS) is 31.2. The summed E-state index contributed by atoms with van der Waals surface area (Å²) in [5.41, 5.74) is 1.79. The van der Waals surface area contributed by atoms with Crippen molar-refractivity contribution in [3.63, 3.8) is 0 Å². The molecule has 24 heavy (non-hydrogen) atoms. The molecule has 3 atom stereocenters. The number of phenols is 1. The van der Waals surface area contributed by atoms with Crippen molar-refractivity contribution in [1.29, 1.82) is 0 Å². The molecule has 1 N–H and O–H groups in total. The van der Waals surface area contributed by atoms with Crippen molar-refractivity contribution in [2.45, 2.75) is 43.6 Å². The third-order valence-electron chi connectivity index (χ3n) is 6.34. The molecule has 4 rings (SSSR count). The number of phenolic OH excluding ortho intramolecular Hbond substituents is 1. The lowest BCUT2D eigenvalue weighted by Crippen LogP contribution is -2.62. The van der Waals surface area contributed by atoms with E-state index in [1.54, 1.807) is 6.07 Å². The van der Waals surface area contributed by atoms with Crippen molar-refractivity contribution >= 4 is 25.5 Å². The Morgan fingerprint density at radius 2 is 2.29 bits per heavy atom. The quantitative estimate of drug-likeness (QED) is 0.638. The zero-order valence-electron chi connectivity index (χ0n) is 13.7. The van der Waals surface area contributed by atoms with Crippen molar-refractivity contribution in [2.24, 2.45) is 5.92 Å². The van der Waals surface area contributed by atoms with Gasteiger partial charge in [0.05, 0.1) is 7.11 Å². The number of amides is 1. The van der Waals surface area contributed by atoms with E-state index in [0.717, 1.165) is 24.0 Å². The summed E-state index contributed by atoms with van der Waals surface area (Å²) in [6.45, 7) is 0.605.